The molecule has 1 aromatic carbocycles. The zero-order chi connectivity index (χ0) is 13.5. The Morgan fingerprint density at radius 1 is 1.50 bits per heavy atom. The van der Waals surface area contributed by atoms with Crippen molar-refractivity contribution in [3.63, 3.8) is 0 Å². The van der Waals surface area contributed by atoms with Crippen LogP contribution in [0.25, 0.3) is 0 Å². The SMILES string of the molecule is COCC(O)CN(C)Cc1ccccc1C(N)=O. The van der Waals surface area contributed by atoms with Crippen LogP contribution in [-0.4, -0.2) is 49.3 Å². The van der Waals surface area contributed by atoms with Gasteiger partial charge in [0.2, 0.25) is 5.91 Å². The maximum Gasteiger partial charge on any atom is 0.249 e. The molecule has 0 aliphatic carbocycles. The molecule has 3 N–H and O–H groups in total. The van der Waals surface area contributed by atoms with Crippen LogP contribution in [0.2, 0.25) is 0 Å². The molecular weight excluding hydrogens is 232 g/mol. The molecule has 0 aliphatic heterocycles. The Morgan fingerprint density at radius 2 is 2.17 bits per heavy atom. The molecule has 5 heteroatoms. The summed E-state index contributed by atoms with van der Waals surface area (Å²) >= 11 is 0. The molecule has 0 aliphatic rings. The van der Waals surface area contributed by atoms with E-state index in [9.17, 15) is 9.90 Å². The van der Waals surface area contributed by atoms with E-state index < -0.39 is 12.0 Å². The second-order valence-electron chi connectivity index (χ2n) is 4.33. The third kappa shape index (κ3) is 4.44. The molecule has 5 nitrogen and oxygen atoms in total. The molecule has 18 heavy (non-hydrogen) atoms. The number of carbonyl (C=O) groups is 1. The first kappa shape index (κ1) is 14.6. The predicted molar refractivity (Wildman–Crippen MR) is 69.2 cm³/mol. The Balaban J connectivity index is 2.64. The zero-order valence-electron chi connectivity index (χ0n) is 10.8. The number of aliphatic hydroxyl groups is 1. The van der Waals surface area contributed by atoms with E-state index in [1.807, 2.05) is 24.1 Å². The van der Waals surface area contributed by atoms with Gasteiger partial charge in [0.25, 0.3) is 0 Å². The molecule has 0 aromatic heterocycles. The second-order valence-corrected chi connectivity index (χ2v) is 4.33. The van der Waals surface area contributed by atoms with Crippen molar-refractivity contribution < 1.29 is 14.6 Å². The monoisotopic (exact) mass is 252 g/mol. The minimum absolute atomic E-state index is 0.293. The lowest BCUT2D eigenvalue weighted by Gasteiger charge is -2.21. The summed E-state index contributed by atoms with van der Waals surface area (Å²) in [6, 6.07) is 7.21. The summed E-state index contributed by atoms with van der Waals surface area (Å²) < 4.78 is 4.87. The van der Waals surface area contributed by atoms with Gasteiger partial charge in [-0.2, -0.15) is 0 Å². The number of likely N-dealkylation sites (N-methyl/N-ethyl adjacent to an activating group) is 1. The van der Waals surface area contributed by atoms with Crippen molar-refractivity contribution >= 4 is 5.91 Å². The zero-order valence-corrected chi connectivity index (χ0v) is 10.8. The van der Waals surface area contributed by atoms with Crippen LogP contribution in [-0.2, 0) is 11.3 Å². The minimum atomic E-state index is -0.541. The van der Waals surface area contributed by atoms with Gasteiger partial charge in [-0.25, -0.2) is 0 Å². The molecular formula is C13H20N2O3. The molecule has 1 amide bonds. The lowest BCUT2D eigenvalue weighted by molar-refractivity contribution is 0.0418. The number of benzene rings is 1. The van der Waals surface area contributed by atoms with Crippen LogP contribution in [0.4, 0.5) is 0 Å². The van der Waals surface area contributed by atoms with Gasteiger partial charge < -0.3 is 15.6 Å². The number of hydrogen-bond donors (Lipinski definition) is 2. The average Bonchev–Trinajstić information content (AvgIpc) is 2.29. The molecule has 1 rings (SSSR count). The standard InChI is InChI=1S/C13H20N2O3/c1-15(8-11(16)9-18-2)7-10-5-3-4-6-12(10)13(14)17/h3-6,11,16H,7-9H2,1-2H3,(H2,14,17). The number of methoxy groups -OCH3 is 1. The Hall–Kier alpha value is -1.43. The number of hydrogen-bond acceptors (Lipinski definition) is 4. The molecule has 1 unspecified atom stereocenters. The van der Waals surface area contributed by atoms with Gasteiger partial charge in [0.15, 0.2) is 0 Å². The fourth-order valence-electron chi connectivity index (χ4n) is 1.86. The Morgan fingerprint density at radius 3 is 2.78 bits per heavy atom. The van der Waals surface area contributed by atoms with Crippen molar-refractivity contribution in [3.8, 4) is 0 Å². The molecule has 1 atom stereocenters. The van der Waals surface area contributed by atoms with E-state index in [-0.39, 0.29) is 0 Å². The summed E-state index contributed by atoms with van der Waals surface area (Å²) in [5, 5.41) is 9.62. The molecule has 0 saturated carbocycles. The summed E-state index contributed by atoms with van der Waals surface area (Å²) in [4.78, 5) is 13.2. The molecule has 0 saturated heterocycles. The quantitative estimate of drug-likeness (QED) is 0.728. The number of ether oxygens (including phenoxy) is 1. The highest BCUT2D eigenvalue weighted by molar-refractivity contribution is 5.94. The van der Waals surface area contributed by atoms with E-state index in [2.05, 4.69) is 0 Å². The first-order valence-corrected chi connectivity index (χ1v) is 5.77. The Labute approximate surface area is 107 Å². The average molecular weight is 252 g/mol. The Kier molecular flexibility index (Phi) is 5.77. The van der Waals surface area contributed by atoms with Crippen molar-refractivity contribution in [1.82, 2.24) is 4.90 Å². The van der Waals surface area contributed by atoms with Gasteiger partial charge in [-0.15, -0.1) is 0 Å². The molecule has 0 heterocycles. The minimum Gasteiger partial charge on any atom is -0.389 e. The van der Waals surface area contributed by atoms with E-state index in [4.69, 9.17) is 10.5 Å². The molecule has 0 fully saturated rings. The van der Waals surface area contributed by atoms with Crippen molar-refractivity contribution in [2.45, 2.75) is 12.6 Å². The van der Waals surface area contributed by atoms with Gasteiger partial charge in [0.05, 0.1) is 12.7 Å². The summed E-state index contributed by atoms with van der Waals surface area (Å²) in [5.74, 6) is -0.434. The number of nitrogens with zero attached hydrogens (tertiary/aromatic N) is 1. The largest absolute Gasteiger partial charge is 0.389 e. The van der Waals surface area contributed by atoms with Gasteiger partial charge in [-0.05, 0) is 18.7 Å². The fraction of sp³-hybridized carbons (Fsp3) is 0.462. The van der Waals surface area contributed by atoms with Crippen LogP contribution in [0.1, 0.15) is 15.9 Å². The van der Waals surface area contributed by atoms with E-state index in [1.54, 1.807) is 19.2 Å². The number of rotatable bonds is 7. The maximum absolute atomic E-state index is 11.3. The number of primary amides is 1. The van der Waals surface area contributed by atoms with Crippen molar-refractivity contribution in [3.05, 3.63) is 35.4 Å². The first-order chi connectivity index (χ1) is 8.54. The van der Waals surface area contributed by atoms with Crippen LogP contribution in [0.5, 0.6) is 0 Å². The van der Waals surface area contributed by atoms with Crippen LogP contribution < -0.4 is 5.73 Å². The van der Waals surface area contributed by atoms with Gasteiger partial charge in [-0.3, -0.25) is 9.69 Å². The van der Waals surface area contributed by atoms with Crippen LogP contribution in [0.15, 0.2) is 24.3 Å². The third-order valence-corrected chi connectivity index (χ3v) is 2.60. The van der Waals surface area contributed by atoms with Gasteiger partial charge in [-0.1, -0.05) is 18.2 Å². The number of amides is 1. The third-order valence-electron chi connectivity index (χ3n) is 2.60. The summed E-state index contributed by atoms with van der Waals surface area (Å²) in [6.45, 7) is 1.32. The first-order valence-electron chi connectivity index (χ1n) is 5.77. The number of nitrogens with two attached hydrogens (primary N) is 1. The van der Waals surface area contributed by atoms with E-state index in [0.717, 1.165) is 5.56 Å². The fourth-order valence-corrected chi connectivity index (χ4v) is 1.86. The molecule has 1 aromatic rings. The summed E-state index contributed by atoms with van der Waals surface area (Å²) in [5.41, 5.74) is 6.69. The highest BCUT2D eigenvalue weighted by Gasteiger charge is 2.12. The van der Waals surface area contributed by atoms with Crippen molar-refractivity contribution in [1.29, 1.82) is 0 Å². The molecule has 0 spiro atoms. The highest BCUT2D eigenvalue weighted by atomic mass is 16.5. The molecule has 100 valence electrons. The smallest absolute Gasteiger partial charge is 0.249 e. The summed E-state index contributed by atoms with van der Waals surface area (Å²) in [6.07, 6.45) is -0.541. The van der Waals surface area contributed by atoms with Crippen LogP contribution in [0.3, 0.4) is 0 Å². The number of aliphatic hydroxyl groups excluding tert-OH is 1. The van der Waals surface area contributed by atoms with Crippen LogP contribution in [0, 0.1) is 0 Å². The van der Waals surface area contributed by atoms with Crippen molar-refractivity contribution in [2.75, 3.05) is 27.3 Å². The van der Waals surface area contributed by atoms with E-state index in [0.29, 0.717) is 25.3 Å². The topological polar surface area (TPSA) is 75.8 Å². The van der Waals surface area contributed by atoms with Crippen molar-refractivity contribution in [2.24, 2.45) is 5.73 Å². The molecule has 0 bridgehead atoms. The second kappa shape index (κ2) is 7.10. The normalized spacial score (nSPS) is 12.7. The van der Waals surface area contributed by atoms with Gasteiger partial charge in [0.1, 0.15) is 0 Å². The van der Waals surface area contributed by atoms with Gasteiger partial charge >= 0.3 is 0 Å². The number of carbonyl (C=O) groups excluding carboxylic acids is 1. The Bertz CT molecular complexity index is 396. The van der Waals surface area contributed by atoms with Crippen LogP contribution >= 0.6 is 0 Å². The summed E-state index contributed by atoms with van der Waals surface area (Å²) in [7, 11) is 3.42. The predicted octanol–water partition coefficient (Wildman–Crippen LogP) is 0.225. The molecule has 0 radical (unpaired) electrons. The van der Waals surface area contributed by atoms with Gasteiger partial charge in [0, 0.05) is 25.8 Å². The van der Waals surface area contributed by atoms with E-state index >= 15 is 0 Å². The lowest BCUT2D eigenvalue weighted by atomic mass is 10.1. The lowest BCUT2D eigenvalue weighted by Crippen LogP contribution is -2.32. The van der Waals surface area contributed by atoms with E-state index in [1.165, 1.54) is 0 Å². The highest BCUT2D eigenvalue weighted by Crippen LogP contribution is 2.10. The maximum atomic E-state index is 11.3.